The zero-order valence-electron chi connectivity index (χ0n) is 7.45. The number of hydrogen-bond donors (Lipinski definition) is 2. The minimum absolute atomic E-state index is 0.204. The lowest BCUT2D eigenvalue weighted by Crippen LogP contribution is -2.11. The molecule has 0 unspecified atom stereocenters. The Morgan fingerprint density at radius 2 is 2.42 bits per heavy atom. The highest BCUT2D eigenvalue weighted by molar-refractivity contribution is 5.09. The lowest BCUT2D eigenvalue weighted by molar-refractivity contribution is 0.276. The second-order valence-electron chi connectivity index (χ2n) is 2.76. The first-order valence-corrected chi connectivity index (χ1v) is 4.33. The molecular weight excluding hydrogens is 152 g/mol. The highest BCUT2D eigenvalue weighted by Crippen LogP contribution is 1.99. The van der Waals surface area contributed by atoms with Crippen molar-refractivity contribution < 1.29 is 5.11 Å². The molecule has 2 N–H and O–H groups in total. The van der Waals surface area contributed by atoms with Gasteiger partial charge in [0, 0.05) is 25.5 Å². The fraction of sp³-hybridized carbons (Fsp3) is 0.556. The van der Waals surface area contributed by atoms with Crippen LogP contribution in [-0.4, -0.2) is 22.8 Å². The Balaban J connectivity index is 2.41. The van der Waals surface area contributed by atoms with Crippen molar-refractivity contribution in [1.82, 2.24) is 9.88 Å². The van der Waals surface area contributed by atoms with Gasteiger partial charge in [0.15, 0.2) is 0 Å². The summed E-state index contributed by atoms with van der Waals surface area (Å²) in [4.78, 5) is 0. The SMILES string of the molecule is CCNCc1ccn(CCO)c1. The molecule has 0 bridgehead atoms. The van der Waals surface area contributed by atoms with E-state index in [1.54, 1.807) is 0 Å². The van der Waals surface area contributed by atoms with Crippen molar-refractivity contribution in [3.63, 3.8) is 0 Å². The third-order valence-corrected chi connectivity index (χ3v) is 1.75. The molecule has 0 atom stereocenters. The van der Waals surface area contributed by atoms with Crippen LogP contribution >= 0.6 is 0 Å². The summed E-state index contributed by atoms with van der Waals surface area (Å²) in [5, 5.41) is 11.9. The molecule has 3 heteroatoms. The molecule has 0 aliphatic carbocycles. The van der Waals surface area contributed by atoms with Gasteiger partial charge in [-0.3, -0.25) is 0 Å². The van der Waals surface area contributed by atoms with Gasteiger partial charge in [0.05, 0.1) is 6.61 Å². The van der Waals surface area contributed by atoms with Crippen molar-refractivity contribution >= 4 is 0 Å². The molecule has 0 aliphatic heterocycles. The highest BCUT2D eigenvalue weighted by Gasteiger charge is 1.94. The maximum atomic E-state index is 8.67. The number of aliphatic hydroxyl groups is 1. The normalized spacial score (nSPS) is 10.5. The van der Waals surface area contributed by atoms with Crippen molar-refractivity contribution in [2.75, 3.05) is 13.2 Å². The van der Waals surface area contributed by atoms with Crippen LogP contribution in [0.2, 0.25) is 0 Å². The summed E-state index contributed by atoms with van der Waals surface area (Å²) in [5.74, 6) is 0. The van der Waals surface area contributed by atoms with Gasteiger partial charge in [-0.2, -0.15) is 0 Å². The summed E-state index contributed by atoms with van der Waals surface area (Å²) in [5.41, 5.74) is 1.27. The molecular formula is C9H16N2O. The third kappa shape index (κ3) is 2.68. The molecule has 0 fully saturated rings. The molecule has 0 aromatic carbocycles. The summed E-state index contributed by atoms with van der Waals surface area (Å²) < 4.78 is 1.99. The maximum absolute atomic E-state index is 8.67. The Morgan fingerprint density at radius 1 is 1.58 bits per heavy atom. The first-order valence-electron chi connectivity index (χ1n) is 4.33. The summed E-state index contributed by atoms with van der Waals surface area (Å²) in [7, 11) is 0. The zero-order valence-corrected chi connectivity index (χ0v) is 7.45. The Labute approximate surface area is 73.0 Å². The predicted molar refractivity (Wildman–Crippen MR) is 48.9 cm³/mol. The van der Waals surface area contributed by atoms with E-state index >= 15 is 0 Å². The molecule has 1 heterocycles. The standard InChI is InChI=1S/C9H16N2O/c1-2-10-7-9-3-4-11(8-9)5-6-12/h3-4,8,10,12H,2,5-7H2,1H3. The molecule has 1 rings (SSSR count). The Bertz CT molecular complexity index is 220. The van der Waals surface area contributed by atoms with Crippen LogP contribution in [0.5, 0.6) is 0 Å². The minimum Gasteiger partial charge on any atom is -0.395 e. The third-order valence-electron chi connectivity index (χ3n) is 1.75. The Morgan fingerprint density at radius 3 is 3.08 bits per heavy atom. The Kier molecular flexibility index (Phi) is 3.84. The van der Waals surface area contributed by atoms with Crippen molar-refractivity contribution in [3.05, 3.63) is 24.0 Å². The van der Waals surface area contributed by atoms with Crippen molar-refractivity contribution in [1.29, 1.82) is 0 Å². The van der Waals surface area contributed by atoms with Crippen molar-refractivity contribution in [2.24, 2.45) is 0 Å². The average molecular weight is 168 g/mol. The van der Waals surface area contributed by atoms with Crippen LogP contribution in [0, 0.1) is 0 Å². The molecule has 1 aromatic rings. The van der Waals surface area contributed by atoms with Crippen LogP contribution in [-0.2, 0) is 13.1 Å². The minimum atomic E-state index is 0.204. The molecule has 0 saturated carbocycles. The molecule has 0 amide bonds. The van der Waals surface area contributed by atoms with E-state index in [1.807, 2.05) is 10.8 Å². The Hall–Kier alpha value is -0.800. The van der Waals surface area contributed by atoms with E-state index in [1.165, 1.54) is 5.56 Å². The summed E-state index contributed by atoms with van der Waals surface area (Å²) in [6, 6.07) is 2.07. The number of nitrogens with one attached hydrogen (secondary N) is 1. The number of nitrogens with zero attached hydrogens (tertiary/aromatic N) is 1. The predicted octanol–water partition coefficient (Wildman–Crippen LogP) is 0.590. The molecule has 0 radical (unpaired) electrons. The van der Waals surface area contributed by atoms with Gasteiger partial charge >= 0.3 is 0 Å². The van der Waals surface area contributed by atoms with Gasteiger partial charge in [0.1, 0.15) is 0 Å². The van der Waals surface area contributed by atoms with Gasteiger partial charge in [0.25, 0.3) is 0 Å². The monoisotopic (exact) mass is 168 g/mol. The van der Waals surface area contributed by atoms with Crippen molar-refractivity contribution in [2.45, 2.75) is 20.0 Å². The molecule has 12 heavy (non-hydrogen) atoms. The van der Waals surface area contributed by atoms with E-state index in [-0.39, 0.29) is 6.61 Å². The molecule has 1 aromatic heterocycles. The van der Waals surface area contributed by atoms with E-state index in [0.717, 1.165) is 13.1 Å². The molecule has 68 valence electrons. The van der Waals surface area contributed by atoms with Crippen LogP contribution in [0.3, 0.4) is 0 Å². The van der Waals surface area contributed by atoms with E-state index < -0.39 is 0 Å². The van der Waals surface area contributed by atoms with E-state index in [0.29, 0.717) is 6.54 Å². The summed E-state index contributed by atoms with van der Waals surface area (Å²) >= 11 is 0. The second kappa shape index (κ2) is 4.95. The number of aliphatic hydroxyl groups excluding tert-OH is 1. The fourth-order valence-corrected chi connectivity index (χ4v) is 1.12. The smallest absolute Gasteiger partial charge is 0.0610 e. The summed E-state index contributed by atoms with van der Waals surface area (Å²) in [6.45, 7) is 4.88. The van der Waals surface area contributed by atoms with Gasteiger partial charge in [-0.1, -0.05) is 6.92 Å². The first-order chi connectivity index (χ1) is 5.86. The zero-order chi connectivity index (χ0) is 8.81. The number of hydrogen-bond acceptors (Lipinski definition) is 2. The van der Waals surface area contributed by atoms with Gasteiger partial charge in [-0.05, 0) is 18.2 Å². The van der Waals surface area contributed by atoms with E-state index in [4.69, 9.17) is 5.11 Å². The number of aromatic nitrogens is 1. The van der Waals surface area contributed by atoms with Gasteiger partial charge < -0.3 is 15.0 Å². The number of rotatable bonds is 5. The van der Waals surface area contributed by atoms with Crippen LogP contribution in [0.25, 0.3) is 0 Å². The van der Waals surface area contributed by atoms with Gasteiger partial charge in [0.2, 0.25) is 0 Å². The lowest BCUT2D eigenvalue weighted by atomic mass is 10.3. The fourth-order valence-electron chi connectivity index (χ4n) is 1.12. The van der Waals surface area contributed by atoms with Crippen molar-refractivity contribution in [3.8, 4) is 0 Å². The lowest BCUT2D eigenvalue weighted by Gasteiger charge is -1.98. The van der Waals surface area contributed by atoms with E-state index in [2.05, 4.69) is 24.5 Å². The largest absolute Gasteiger partial charge is 0.395 e. The molecule has 0 spiro atoms. The quantitative estimate of drug-likeness (QED) is 0.675. The first kappa shape index (κ1) is 9.29. The second-order valence-corrected chi connectivity index (χ2v) is 2.76. The van der Waals surface area contributed by atoms with Gasteiger partial charge in [-0.25, -0.2) is 0 Å². The van der Waals surface area contributed by atoms with Crippen LogP contribution in [0.15, 0.2) is 18.5 Å². The molecule has 3 nitrogen and oxygen atoms in total. The van der Waals surface area contributed by atoms with Crippen LogP contribution in [0.1, 0.15) is 12.5 Å². The van der Waals surface area contributed by atoms with Gasteiger partial charge in [-0.15, -0.1) is 0 Å². The molecule has 0 aliphatic rings. The summed E-state index contributed by atoms with van der Waals surface area (Å²) in [6.07, 6.45) is 4.04. The van der Waals surface area contributed by atoms with Crippen LogP contribution in [0.4, 0.5) is 0 Å². The van der Waals surface area contributed by atoms with E-state index in [9.17, 15) is 0 Å². The molecule has 0 saturated heterocycles. The highest BCUT2D eigenvalue weighted by atomic mass is 16.3. The maximum Gasteiger partial charge on any atom is 0.0610 e. The topological polar surface area (TPSA) is 37.2 Å². The van der Waals surface area contributed by atoms with Crippen LogP contribution < -0.4 is 5.32 Å². The average Bonchev–Trinajstić information content (AvgIpc) is 2.50.